The topological polar surface area (TPSA) is 406 Å². The number of fused-ring (bicyclic) bond motifs is 2. The van der Waals surface area contributed by atoms with Gasteiger partial charge in [-0.2, -0.15) is 12.6 Å². The number of amides is 5. The van der Waals surface area contributed by atoms with E-state index >= 15 is 0 Å². The van der Waals surface area contributed by atoms with Crippen molar-refractivity contribution in [1.82, 2.24) is 36.6 Å². The third-order valence-electron chi connectivity index (χ3n) is 10.2. The first-order chi connectivity index (χ1) is 31.0. The molecule has 0 saturated carbocycles. The van der Waals surface area contributed by atoms with Gasteiger partial charge in [-0.25, -0.2) is 4.79 Å². The highest BCUT2D eigenvalue weighted by atomic mass is 32.1. The molecule has 19 N–H and O–H groups in total. The zero-order valence-electron chi connectivity index (χ0n) is 35.3. The highest BCUT2D eigenvalue weighted by Gasteiger charge is 2.34. The summed E-state index contributed by atoms with van der Waals surface area (Å²) in [4.78, 5) is 107. The number of aliphatic carboxylic acids is 2. The Morgan fingerprint density at radius 2 is 1.00 bits per heavy atom. The van der Waals surface area contributed by atoms with E-state index in [1.165, 1.54) is 0 Å². The van der Waals surface area contributed by atoms with Crippen LogP contribution in [0.2, 0.25) is 0 Å². The Balaban J connectivity index is 1.67. The van der Waals surface area contributed by atoms with Crippen LogP contribution in [-0.2, 0) is 46.4 Å². The maximum absolute atomic E-state index is 14.6. The number of aromatic nitrogens is 2. The van der Waals surface area contributed by atoms with E-state index in [9.17, 15) is 38.7 Å². The number of carboxylic acids is 2. The largest absolute Gasteiger partial charge is 0.481 e. The summed E-state index contributed by atoms with van der Waals surface area (Å²) in [6.07, 6.45) is 2.92. The Hall–Kier alpha value is -7.34. The fourth-order valence-corrected chi connectivity index (χ4v) is 7.08. The van der Waals surface area contributed by atoms with Crippen molar-refractivity contribution >= 4 is 87.8 Å². The van der Waals surface area contributed by atoms with Crippen molar-refractivity contribution in [2.75, 3.05) is 18.8 Å². The van der Waals surface area contributed by atoms with Gasteiger partial charge in [0, 0.05) is 65.9 Å². The Morgan fingerprint density at radius 3 is 1.46 bits per heavy atom. The van der Waals surface area contributed by atoms with Crippen molar-refractivity contribution in [3.8, 4) is 0 Å². The second-order valence-electron chi connectivity index (χ2n) is 15.1. The highest BCUT2D eigenvalue weighted by Crippen LogP contribution is 2.21. The summed E-state index contributed by atoms with van der Waals surface area (Å²) in [5.74, 6) is -7.93. The molecule has 350 valence electrons. The molecule has 5 amide bonds. The Labute approximate surface area is 378 Å². The first-order valence-electron chi connectivity index (χ1n) is 20.5. The number of aromatic amines is 2. The van der Waals surface area contributed by atoms with E-state index in [-0.39, 0.29) is 62.9 Å². The van der Waals surface area contributed by atoms with Crippen LogP contribution in [-0.4, -0.2) is 129 Å². The number of nitrogens with one attached hydrogen (secondary N) is 7. The van der Waals surface area contributed by atoms with Gasteiger partial charge >= 0.3 is 11.9 Å². The maximum Gasteiger partial charge on any atom is 0.326 e. The number of hydrogen-bond acceptors (Lipinski definition) is 11. The van der Waals surface area contributed by atoms with Crippen molar-refractivity contribution in [2.24, 2.45) is 38.7 Å². The number of carboxylic acid groups (broad SMARTS) is 2. The predicted molar refractivity (Wildman–Crippen MR) is 245 cm³/mol. The molecule has 0 aliphatic carbocycles. The summed E-state index contributed by atoms with van der Waals surface area (Å²) in [7, 11) is 0. The molecule has 0 bridgehead atoms. The van der Waals surface area contributed by atoms with Crippen LogP contribution in [0.25, 0.3) is 21.8 Å². The van der Waals surface area contributed by atoms with Crippen LogP contribution >= 0.6 is 12.6 Å². The average Bonchev–Trinajstić information content (AvgIpc) is 3.87. The molecule has 0 fully saturated rings. The number of benzene rings is 2. The average molecular weight is 921 g/mol. The SMILES string of the molecule is NC(N)=NCCC[C@H](NC(=O)[C@@H](N)CCCN=C(N)N)C(=O)N[C@@H](Cc1c[nH]c2ccccc12)C(=O)N[C@@H](Cc1c[nH]c2ccccc12)C(=O)N[C@@H](CS)C(=O)N[C@@H](CC(=O)O)C(=O)O. The van der Waals surface area contributed by atoms with Crippen LogP contribution in [0.3, 0.4) is 0 Å². The molecule has 0 radical (unpaired) electrons. The minimum atomic E-state index is -1.82. The van der Waals surface area contributed by atoms with Gasteiger partial charge in [-0.3, -0.25) is 38.8 Å². The van der Waals surface area contributed by atoms with Crippen LogP contribution in [0.4, 0.5) is 0 Å². The lowest BCUT2D eigenvalue weighted by Crippen LogP contribution is -2.60. The lowest BCUT2D eigenvalue weighted by atomic mass is 10.0. The quantitative estimate of drug-likeness (QED) is 0.0137. The Morgan fingerprint density at radius 1 is 0.585 bits per heavy atom. The molecule has 4 aromatic rings. The van der Waals surface area contributed by atoms with Crippen molar-refractivity contribution in [1.29, 1.82) is 0 Å². The Kier molecular flexibility index (Phi) is 19.0. The van der Waals surface area contributed by atoms with Crippen LogP contribution in [0.15, 0.2) is 70.9 Å². The number of aliphatic imine (C=N–C) groups is 2. The molecule has 4 rings (SSSR count). The van der Waals surface area contributed by atoms with Crippen molar-refractivity contribution in [3.63, 3.8) is 0 Å². The number of para-hydroxylation sites is 2. The molecule has 0 spiro atoms. The first kappa shape index (κ1) is 50.3. The monoisotopic (exact) mass is 920 g/mol. The number of rotatable bonds is 26. The first-order valence-corrected chi connectivity index (χ1v) is 21.1. The zero-order valence-corrected chi connectivity index (χ0v) is 36.2. The van der Waals surface area contributed by atoms with E-state index < -0.39 is 84.1 Å². The molecular formula is C41H56N14O9S. The van der Waals surface area contributed by atoms with E-state index in [2.05, 4.69) is 59.2 Å². The molecule has 6 atom stereocenters. The second kappa shape index (κ2) is 24.5. The third kappa shape index (κ3) is 15.5. The number of guanidine groups is 2. The predicted octanol–water partition coefficient (Wildman–Crippen LogP) is -2.22. The lowest BCUT2D eigenvalue weighted by Gasteiger charge is -2.27. The summed E-state index contributed by atoms with van der Waals surface area (Å²) in [5, 5.41) is 32.9. The smallest absolute Gasteiger partial charge is 0.326 e. The van der Waals surface area contributed by atoms with Gasteiger partial charge < -0.3 is 75.4 Å². The minimum Gasteiger partial charge on any atom is -0.481 e. The summed E-state index contributed by atoms with van der Waals surface area (Å²) in [6, 6.07) is 6.04. The van der Waals surface area contributed by atoms with Crippen LogP contribution in [0.5, 0.6) is 0 Å². The van der Waals surface area contributed by atoms with Crippen LogP contribution in [0, 0.1) is 0 Å². The summed E-state index contributed by atoms with van der Waals surface area (Å²) < 4.78 is 0. The summed E-state index contributed by atoms with van der Waals surface area (Å²) in [6.45, 7) is 0.328. The van der Waals surface area contributed by atoms with Crippen LogP contribution in [0.1, 0.15) is 43.2 Å². The minimum absolute atomic E-state index is 0.0183. The molecule has 23 nitrogen and oxygen atoms in total. The number of H-pyrrole nitrogens is 2. The fraction of sp³-hybridized carbons (Fsp3) is 0.390. The molecule has 0 unspecified atom stereocenters. The maximum atomic E-state index is 14.6. The summed E-state index contributed by atoms with van der Waals surface area (Å²) in [5.41, 5.74) is 30.6. The molecule has 65 heavy (non-hydrogen) atoms. The van der Waals surface area contributed by atoms with Gasteiger partial charge in [-0.05, 0) is 48.9 Å². The van der Waals surface area contributed by atoms with E-state index in [1.54, 1.807) is 36.7 Å². The Bertz CT molecular complexity index is 2380. The van der Waals surface area contributed by atoms with E-state index in [4.69, 9.17) is 33.8 Å². The number of carbonyl (C=O) groups is 7. The number of thiol groups is 1. The molecular weight excluding hydrogens is 865 g/mol. The zero-order chi connectivity index (χ0) is 47.6. The van der Waals surface area contributed by atoms with Crippen molar-refractivity contribution < 1.29 is 43.8 Å². The van der Waals surface area contributed by atoms with Gasteiger partial charge in [-0.15, -0.1) is 0 Å². The number of nitrogens with zero attached hydrogens (tertiary/aromatic N) is 2. The summed E-state index contributed by atoms with van der Waals surface area (Å²) >= 11 is 4.17. The van der Waals surface area contributed by atoms with Gasteiger partial charge in [0.05, 0.1) is 12.5 Å². The standard InChI is InChI=1S/C41H56N14O9S/c42-25(9-5-13-47-40(43)44)34(58)51-28(12-6-14-48-41(45)46)35(59)52-29(15-21-18-49-26-10-3-1-7-23(21)26)36(60)53-30(16-22-19-50-27-11-4-2-8-24(22)27)37(61)55-32(20-65)38(62)54-31(39(63)64)17-33(56)57/h1-4,7-8,10-11,18-19,25,28-32,49-50,65H,5-6,9,12-17,20,42H2,(H,51,58)(H,52,59)(H,53,60)(H,54,62)(H,55,61)(H,56,57)(H,63,64)(H4,43,44,47)(H4,45,46,48)/t25-,28-,29-,30-,31-,32-/m0/s1. The van der Waals surface area contributed by atoms with Gasteiger partial charge in [0.2, 0.25) is 29.5 Å². The van der Waals surface area contributed by atoms with Gasteiger partial charge in [0.15, 0.2) is 11.9 Å². The molecule has 0 aliphatic heterocycles. The number of hydrogen-bond donors (Lipinski definition) is 15. The van der Waals surface area contributed by atoms with Crippen molar-refractivity contribution in [3.05, 3.63) is 72.1 Å². The second-order valence-corrected chi connectivity index (χ2v) is 15.4. The molecule has 24 heteroatoms. The van der Waals surface area contributed by atoms with Gasteiger partial charge in [0.1, 0.15) is 30.2 Å². The van der Waals surface area contributed by atoms with E-state index in [0.717, 1.165) is 21.8 Å². The van der Waals surface area contributed by atoms with Gasteiger partial charge in [0.25, 0.3) is 0 Å². The van der Waals surface area contributed by atoms with Crippen LogP contribution < -0.4 is 55.3 Å². The molecule has 0 saturated heterocycles. The molecule has 2 aromatic carbocycles. The molecule has 0 aliphatic rings. The van der Waals surface area contributed by atoms with E-state index in [1.807, 2.05) is 24.3 Å². The molecule has 2 heterocycles. The third-order valence-corrected chi connectivity index (χ3v) is 10.5. The lowest BCUT2D eigenvalue weighted by molar-refractivity contribution is -0.147. The normalized spacial score (nSPS) is 13.8. The molecule has 2 aromatic heterocycles. The highest BCUT2D eigenvalue weighted by molar-refractivity contribution is 7.80. The number of nitrogens with two attached hydrogens (primary N) is 5. The van der Waals surface area contributed by atoms with Gasteiger partial charge in [-0.1, -0.05) is 36.4 Å². The number of carbonyl (C=O) groups excluding carboxylic acids is 5. The fourth-order valence-electron chi connectivity index (χ4n) is 6.82. The van der Waals surface area contributed by atoms with Crippen molar-refractivity contribution in [2.45, 2.75) is 81.2 Å². The van der Waals surface area contributed by atoms with E-state index in [0.29, 0.717) is 17.5 Å².